The summed E-state index contributed by atoms with van der Waals surface area (Å²) in [6.45, 7) is -0.787. The molecule has 2 aliphatic rings. The van der Waals surface area contributed by atoms with Gasteiger partial charge in [-0.2, -0.15) is 18.3 Å². The van der Waals surface area contributed by atoms with Gasteiger partial charge < -0.3 is 10.2 Å². The fourth-order valence-corrected chi connectivity index (χ4v) is 4.83. The van der Waals surface area contributed by atoms with E-state index in [2.05, 4.69) is 15.4 Å². The van der Waals surface area contributed by atoms with Crippen LogP contribution >= 0.6 is 0 Å². The molecule has 0 aliphatic carbocycles. The molecule has 1 aromatic carbocycles. The summed E-state index contributed by atoms with van der Waals surface area (Å²) >= 11 is 0. The first kappa shape index (κ1) is 24.2. The predicted molar refractivity (Wildman–Crippen MR) is 122 cm³/mol. The van der Waals surface area contributed by atoms with Gasteiger partial charge >= 0.3 is 6.18 Å². The van der Waals surface area contributed by atoms with Gasteiger partial charge in [0.1, 0.15) is 17.5 Å². The third-order valence-corrected chi connectivity index (χ3v) is 6.59. The number of rotatable bonds is 3. The van der Waals surface area contributed by atoms with Crippen LogP contribution in [0.3, 0.4) is 0 Å². The smallest absolute Gasteiger partial charge is 0.338 e. The van der Waals surface area contributed by atoms with Crippen molar-refractivity contribution >= 4 is 23.1 Å². The highest BCUT2D eigenvalue weighted by atomic mass is 19.4. The van der Waals surface area contributed by atoms with Crippen LogP contribution in [0.25, 0.3) is 11.3 Å². The number of carbonyl (C=O) groups excluding carboxylic acids is 1. The Kier molecular flexibility index (Phi) is 6.15. The normalized spacial score (nSPS) is 16.8. The van der Waals surface area contributed by atoms with Gasteiger partial charge in [0.2, 0.25) is 5.91 Å². The lowest BCUT2D eigenvalue weighted by molar-refractivity contribution is -0.149. The number of carbonyl (C=O) groups is 1. The van der Waals surface area contributed by atoms with E-state index < -0.39 is 30.3 Å². The highest BCUT2D eigenvalue weighted by molar-refractivity contribution is 6.00. The predicted octanol–water partition coefficient (Wildman–Crippen LogP) is 4.62. The first-order valence-electron chi connectivity index (χ1n) is 11.4. The molecule has 1 N–H and O–H groups in total. The highest BCUT2D eigenvalue weighted by Crippen LogP contribution is 2.40. The maximum atomic E-state index is 15.2. The Hall–Kier alpha value is -3.54. The lowest BCUT2D eigenvalue weighted by atomic mass is 9.94. The number of piperidine rings is 1. The van der Waals surface area contributed by atoms with Gasteiger partial charge in [0.15, 0.2) is 0 Å². The second kappa shape index (κ2) is 9.16. The molecule has 1 amide bonds. The lowest BCUT2D eigenvalue weighted by Crippen LogP contribution is -2.45. The van der Waals surface area contributed by atoms with Crippen LogP contribution in [0.4, 0.5) is 39.1 Å². The lowest BCUT2D eigenvalue weighted by Gasteiger charge is -2.34. The Labute approximate surface area is 203 Å². The van der Waals surface area contributed by atoms with Gasteiger partial charge in [0.25, 0.3) is 0 Å². The average molecular weight is 506 g/mol. The van der Waals surface area contributed by atoms with Crippen molar-refractivity contribution in [1.82, 2.24) is 19.7 Å². The van der Waals surface area contributed by atoms with Crippen LogP contribution in [0.1, 0.15) is 18.4 Å². The minimum atomic E-state index is -4.31. The van der Waals surface area contributed by atoms with Crippen molar-refractivity contribution < 1.29 is 26.7 Å². The summed E-state index contributed by atoms with van der Waals surface area (Å²) in [5, 5.41) is 7.10. The number of benzene rings is 1. The zero-order chi connectivity index (χ0) is 25.6. The van der Waals surface area contributed by atoms with Gasteiger partial charge in [0, 0.05) is 36.4 Å². The number of alkyl halides is 3. The Balaban J connectivity index is 1.51. The van der Waals surface area contributed by atoms with Crippen molar-refractivity contribution in [3.8, 4) is 11.3 Å². The van der Waals surface area contributed by atoms with Gasteiger partial charge in [-0.05, 0) is 44.1 Å². The molecule has 0 radical (unpaired) electrons. The van der Waals surface area contributed by atoms with Crippen LogP contribution in [0.15, 0.2) is 36.7 Å². The first-order valence-corrected chi connectivity index (χ1v) is 11.4. The first-order chi connectivity index (χ1) is 17.1. The number of nitrogens with zero attached hydrogens (tertiary/aromatic N) is 5. The third kappa shape index (κ3) is 4.77. The molecular weight excluding hydrogens is 483 g/mol. The number of hydrogen-bond donors (Lipinski definition) is 1. The number of amides is 1. The van der Waals surface area contributed by atoms with Crippen molar-refractivity contribution in [2.75, 3.05) is 29.9 Å². The zero-order valence-corrected chi connectivity index (χ0v) is 19.3. The Bertz CT molecular complexity index is 1300. The molecule has 2 aromatic heterocycles. The van der Waals surface area contributed by atoms with Gasteiger partial charge in [-0.3, -0.25) is 14.4 Å². The van der Waals surface area contributed by atoms with E-state index in [0.717, 1.165) is 6.20 Å². The number of pyridine rings is 1. The van der Waals surface area contributed by atoms with E-state index in [1.54, 1.807) is 13.1 Å². The van der Waals surface area contributed by atoms with E-state index in [1.165, 1.54) is 38.9 Å². The quantitative estimate of drug-likeness (QED) is 0.525. The molecule has 36 heavy (non-hydrogen) atoms. The van der Waals surface area contributed by atoms with Crippen molar-refractivity contribution in [3.63, 3.8) is 0 Å². The molecule has 0 spiro atoms. The Morgan fingerprint density at radius 3 is 2.58 bits per heavy atom. The summed E-state index contributed by atoms with van der Waals surface area (Å²) in [7, 11) is 1.67. The monoisotopic (exact) mass is 506 g/mol. The van der Waals surface area contributed by atoms with E-state index in [4.69, 9.17) is 0 Å². The number of fused-ring (bicyclic) bond motifs is 2. The number of hydrogen-bond acceptors (Lipinski definition) is 5. The fraction of sp³-hybridized carbons (Fsp3) is 0.375. The number of anilines is 3. The maximum Gasteiger partial charge on any atom is 0.401 e. The second-order valence-corrected chi connectivity index (χ2v) is 9.07. The number of halogens is 5. The van der Waals surface area contributed by atoms with Crippen LogP contribution in [0.5, 0.6) is 0 Å². The third-order valence-electron chi connectivity index (χ3n) is 6.59. The van der Waals surface area contributed by atoms with Crippen LogP contribution in [0.2, 0.25) is 0 Å². The molecule has 1 saturated heterocycles. The summed E-state index contributed by atoms with van der Waals surface area (Å²) < 4.78 is 69.1. The number of nitrogens with one attached hydrogen (secondary N) is 1. The molecule has 1 fully saturated rings. The topological polar surface area (TPSA) is 66.3 Å². The average Bonchev–Trinajstić information content (AvgIpc) is 3.17. The summed E-state index contributed by atoms with van der Waals surface area (Å²) in [5.41, 5.74) is 1.76. The van der Waals surface area contributed by atoms with Crippen LogP contribution < -0.4 is 10.2 Å². The van der Waals surface area contributed by atoms with E-state index in [0.29, 0.717) is 22.8 Å². The molecule has 7 nitrogen and oxygen atoms in total. The van der Waals surface area contributed by atoms with Crippen molar-refractivity contribution in [1.29, 1.82) is 0 Å². The van der Waals surface area contributed by atoms with E-state index in [-0.39, 0.29) is 49.6 Å². The molecule has 0 unspecified atom stereocenters. The molecular formula is C24H23F5N6O. The molecule has 12 heteroatoms. The molecule has 0 atom stereocenters. The van der Waals surface area contributed by atoms with Gasteiger partial charge in [-0.25, -0.2) is 13.8 Å². The minimum Gasteiger partial charge on any atom is -0.338 e. The Morgan fingerprint density at radius 2 is 1.92 bits per heavy atom. The Morgan fingerprint density at radius 1 is 1.17 bits per heavy atom. The van der Waals surface area contributed by atoms with Gasteiger partial charge in [0.05, 0.1) is 36.4 Å². The minimum absolute atomic E-state index is 0.0296. The zero-order valence-electron chi connectivity index (χ0n) is 19.3. The van der Waals surface area contributed by atoms with Crippen molar-refractivity contribution in [2.24, 2.45) is 13.0 Å². The largest absolute Gasteiger partial charge is 0.401 e. The van der Waals surface area contributed by atoms with E-state index in [1.807, 2.05) is 0 Å². The number of aryl methyl sites for hydroxylation is 1. The molecule has 4 heterocycles. The summed E-state index contributed by atoms with van der Waals surface area (Å²) in [4.78, 5) is 20.5. The van der Waals surface area contributed by atoms with Crippen LogP contribution in [0, 0.1) is 17.6 Å². The fourth-order valence-electron chi connectivity index (χ4n) is 4.83. The molecule has 0 bridgehead atoms. The van der Waals surface area contributed by atoms with Crippen LogP contribution in [-0.2, 0) is 18.4 Å². The number of aromatic nitrogens is 3. The standard InChI is InChI=1S/C24H23F5N6O/c1-33-20(2-5-31-33)17-9-21-19(10-18(17)26)32-22-15(8-16(25)11-30-22)12-35(21)23(36)14-3-6-34(7-4-14)13-24(27,28)29/h2,5,8-11,14H,3-4,6-7,12-13H2,1H3,(H,30,32). The van der Waals surface area contributed by atoms with Gasteiger partial charge in [-0.1, -0.05) is 0 Å². The molecule has 5 rings (SSSR count). The van der Waals surface area contributed by atoms with Gasteiger partial charge in [-0.15, -0.1) is 0 Å². The summed E-state index contributed by atoms with van der Waals surface area (Å²) in [6, 6.07) is 5.69. The van der Waals surface area contributed by atoms with Crippen molar-refractivity contribution in [2.45, 2.75) is 25.6 Å². The molecule has 190 valence electrons. The van der Waals surface area contributed by atoms with E-state index in [9.17, 15) is 22.4 Å². The second-order valence-electron chi connectivity index (χ2n) is 9.07. The summed E-state index contributed by atoms with van der Waals surface area (Å²) in [5.74, 6) is -1.69. The molecule has 3 aromatic rings. The highest BCUT2D eigenvalue weighted by Gasteiger charge is 2.36. The van der Waals surface area contributed by atoms with Crippen LogP contribution in [-0.4, -0.2) is 51.4 Å². The van der Waals surface area contributed by atoms with Crippen molar-refractivity contribution in [3.05, 3.63) is 53.9 Å². The molecule has 2 aliphatic heterocycles. The number of likely N-dealkylation sites (tertiary alicyclic amines) is 1. The SMILES string of the molecule is Cn1nccc1-c1cc2c(cc1F)Nc1ncc(F)cc1CN2C(=O)C1CCN(CC(F)(F)F)CC1. The van der Waals surface area contributed by atoms with E-state index >= 15 is 4.39 Å². The summed E-state index contributed by atoms with van der Waals surface area (Å²) in [6.07, 6.45) is -1.26. The maximum absolute atomic E-state index is 15.2. The molecule has 0 saturated carbocycles.